The number of carbonyl (C=O) groups is 1. The Hall–Kier alpha value is -3.46. The van der Waals surface area contributed by atoms with Crippen LogP contribution in [0.2, 0.25) is 0 Å². The summed E-state index contributed by atoms with van der Waals surface area (Å²) in [6.45, 7) is 1.82. The third kappa shape index (κ3) is 8.52. The van der Waals surface area contributed by atoms with E-state index in [2.05, 4.69) is 10.6 Å². The highest BCUT2D eigenvalue weighted by Gasteiger charge is 2.34. The number of nitrogens with one attached hydrogen (secondary N) is 2. The van der Waals surface area contributed by atoms with Gasteiger partial charge in [-0.3, -0.25) is 4.79 Å². The molecule has 12 heteroatoms. The van der Waals surface area contributed by atoms with Gasteiger partial charge >= 0.3 is 12.4 Å². The van der Waals surface area contributed by atoms with E-state index < -0.39 is 29.0 Å². The lowest BCUT2D eigenvalue weighted by Gasteiger charge is -2.34. The number of carbonyl (C=O) groups excluding carboxylic acids is 1. The number of piperidine rings is 1. The number of anilines is 2. The van der Waals surface area contributed by atoms with E-state index in [1.165, 1.54) is 24.3 Å². The summed E-state index contributed by atoms with van der Waals surface area (Å²) in [7, 11) is 0. The molecule has 1 saturated carbocycles. The Balaban J connectivity index is 1.12. The number of benzene rings is 2. The molecule has 0 bridgehead atoms. The third-order valence-electron chi connectivity index (χ3n) is 7.70. The second-order valence-corrected chi connectivity index (χ2v) is 10.6. The molecule has 222 valence electrons. The van der Waals surface area contributed by atoms with Crippen molar-refractivity contribution in [3.05, 3.63) is 59.2 Å². The smallest absolute Gasteiger partial charge is 0.382 e. The van der Waals surface area contributed by atoms with Crippen LogP contribution in [-0.2, 0) is 21.9 Å². The van der Waals surface area contributed by atoms with Gasteiger partial charge in [-0.2, -0.15) is 31.6 Å². The fourth-order valence-electron chi connectivity index (χ4n) is 5.33. The molecule has 2 aromatic carbocycles. The highest BCUT2D eigenvalue weighted by Crippen LogP contribution is 2.35. The van der Waals surface area contributed by atoms with Gasteiger partial charge in [0.05, 0.1) is 28.9 Å². The molecule has 6 nitrogen and oxygen atoms in total. The van der Waals surface area contributed by atoms with E-state index in [9.17, 15) is 31.1 Å². The van der Waals surface area contributed by atoms with Crippen molar-refractivity contribution in [1.82, 2.24) is 5.32 Å². The van der Waals surface area contributed by atoms with Crippen LogP contribution in [0.5, 0.6) is 0 Å². The van der Waals surface area contributed by atoms with Gasteiger partial charge < -0.3 is 20.3 Å². The van der Waals surface area contributed by atoms with Crippen LogP contribution in [0.3, 0.4) is 0 Å². The molecular weight excluding hydrogens is 550 g/mol. The molecule has 2 fully saturated rings. The van der Waals surface area contributed by atoms with Crippen LogP contribution in [0.25, 0.3) is 0 Å². The van der Waals surface area contributed by atoms with Crippen molar-refractivity contribution in [3.8, 4) is 6.07 Å². The summed E-state index contributed by atoms with van der Waals surface area (Å²) in [4.78, 5) is 14.4. The van der Waals surface area contributed by atoms with Crippen LogP contribution < -0.4 is 15.5 Å². The van der Waals surface area contributed by atoms with Crippen molar-refractivity contribution in [2.45, 2.75) is 63.0 Å². The van der Waals surface area contributed by atoms with Gasteiger partial charge in [-0.05, 0) is 86.9 Å². The summed E-state index contributed by atoms with van der Waals surface area (Å²) in [5.41, 5.74) is -0.983. The molecule has 0 aromatic heterocycles. The monoisotopic (exact) mass is 582 g/mol. The number of halogens is 6. The normalized spacial score (nSPS) is 20.4. The van der Waals surface area contributed by atoms with Crippen LogP contribution in [-0.4, -0.2) is 44.3 Å². The van der Waals surface area contributed by atoms with E-state index >= 15 is 0 Å². The minimum absolute atomic E-state index is 0.0360. The zero-order chi connectivity index (χ0) is 29.6. The van der Waals surface area contributed by atoms with Gasteiger partial charge in [0.2, 0.25) is 5.91 Å². The topological polar surface area (TPSA) is 77.4 Å². The van der Waals surface area contributed by atoms with E-state index in [-0.39, 0.29) is 30.6 Å². The van der Waals surface area contributed by atoms with Crippen molar-refractivity contribution in [3.63, 3.8) is 0 Å². The average Bonchev–Trinajstić information content (AvgIpc) is 2.95. The average molecular weight is 583 g/mol. The van der Waals surface area contributed by atoms with Gasteiger partial charge in [0, 0.05) is 37.1 Å². The summed E-state index contributed by atoms with van der Waals surface area (Å²) in [6.07, 6.45) is -4.79. The molecule has 4 rings (SSSR count). The fraction of sp³-hybridized carbons (Fsp3) is 0.517. The second kappa shape index (κ2) is 13.0. The molecule has 0 radical (unpaired) electrons. The number of rotatable bonds is 8. The van der Waals surface area contributed by atoms with Crippen LogP contribution in [0.1, 0.15) is 55.2 Å². The molecule has 41 heavy (non-hydrogen) atoms. The van der Waals surface area contributed by atoms with E-state index in [1.54, 1.807) is 6.07 Å². The van der Waals surface area contributed by atoms with Crippen LogP contribution >= 0.6 is 0 Å². The molecule has 2 aromatic rings. The molecule has 1 saturated heterocycles. The Kier molecular flexibility index (Phi) is 9.68. The number of ether oxygens (including phenoxy) is 1. The van der Waals surface area contributed by atoms with E-state index in [0.29, 0.717) is 51.0 Å². The van der Waals surface area contributed by atoms with Gasteiger partial charge in [-0.15, -0.1) is 0 Å². The van der Waals surface area contributed by atoms with Crippen LogP contribution in [0.15, 0.2) is 42.5 Å². The molecule has 0 atom stereocenters. The molecule has 0 spiro atoms. The maximum absolute atomic E-state index is 13.2. The maximum Gasteiger partial charge on any atom is 0.417 e. The van der Waals surface area contributed by atoms with Crippen molar-refractivity contribution in [1.29, 1.82) is 5.26 Å². The molecule has 2 aliphatic rings. The standard InChI is InChI=1S/C29H32F6N4O2/c30-28(31,32)21-2-7-24(8-3-21)39-13-11-19(12-14-39)17-37-27(40)18-41-25-9-5-22(6-10-25)38-23-4-1-20(16-36)26(15-23)29(33,34)35/h1-4,7-8,15,19,22,25,38H,5-6,9-14,17-18H2,(H,37,40). The van der Waals surface area contributed by atoms with Crippen LogP contribution in [0, 0.1) is 17.2 Å². The number of amides is 1. The molecule has 1 aliphatic carbocycles. The summed E-state index contributed by atoms with van der Waals surface area (Å²) >= 11 is 0. The second-order valence-electron chi connectivity index (χ2n) is 10.6. The Morgan fingerprint density at radius 2 is 1.59 bits per heavy atom. The predicted octanol–water partition coefficient (Wildman–Crippen LogP) is 6.37. The van der Waals surface area contributed by atoms with Crippen LogP contribution in [0.4, 0.5) is 37.7 Å². The summed E-state index contributed by atoms with van der Waals surface area (Å²) in [6, 6.07) is 10.3. The lowest BCUT2D eigenvalue weighted by atomic mass is 9.92. The lowest BCUT2D eigenvalue weighted by molar-refractivity contribution is -0.138. The zero-order valence-corrected chi connectivity index (χ0v) is 22.3. The lowest BCUT2D eigenvalue weighted by Crippen LogP contribution is -2.40. The number of nitriles is 1. The van der Waals surface area contributed by atoms with Gasteiger partial charge in [0.15, 0.2) is 0 Å². The van der Waals surface area contributed by atoms with Gasteiger partial charge in [-0.25, -0.2) is 0 Å². The van der Waals surface area contributed by atoms with E-state index in [4.69, 9.17) is 10.00 Å². The summed E-state index contributed by atoms with van der Waals surface area (Å²) in [5, 5.41) is 15.0. The number of hydrogen-bond donors (Lipinski definition) is 2. The first-order valence-electron chi connectivity index (χ1n) is 13.6. The van der Waals surface area contributed by atoms with Crippen molar-refractivity contribution >= 4 is 17.3 Å². The van der Waals surface area contributed by atoms with Gasteiger partial charge in [0.1, 0.15) is 6.61 Å². The Bertz CT molecular complexity index is 1210. The number of nitrogens with zero attached hydrogens (tertiary/aromatic N) is 2. The van der Waals surface area contributed by atoms with Gasteiger partial charge in [-0.1, -0.05) is 0 Å². The first kappa shape index (κ1) is 30.5. The Morgan fingerprint density at radius 3 is 2.17 bits per heavy atom. The number of alkyl halides is 6. The molecular formula is C29H32F6N4O2. The minimum atomic E-state index is -4.61. The summed E-state index contributed by atoms with van der Waals surface area (Å²) < 4.78 is 83.8. The maximum atomic E-state index is 13.2. The Morgan fingerprint density at radius 1 is 0.927 bits per heavy atom. The SMILES string of the molecule is N#Cc1ccc(NC2CCC(OCC(=O)NCC3CCN(c4ccc(C(F)(F)F)cc4)CC3)CC2)cc1C(F)(F)F. The molecule has 2 N–H and O–H groups in total. The van der Waals surface area contributed by atoms with E-state index in [0.717, 1.165) is 36.7 Å². The van der Waals surface area contributed by atoms with Crippen molar-refractivity contribution in [2.75, 3.05) is 36.5 Å². The quantitative estimate of drug-likeness (QED) is 0.354. The predicted molar refractivity (Wildman–Crippen MR) is 141 cm³/mol. The fourth-order valence-corrected chi connectivity index (χ4v) is 5.33. The molecule has 1 amide bonds. The van der Waals surface area contributed by atoms with Crippen molar-refractivity contribution in [2.24, 2.45) is 5.92 Å². The Labute approximate surface area is 234 Å². The highest BCUT2D eigenvalue weighted by molar-refractivity contribution is 5.77. The number of hydrogen-bond acceptors (Lipinski definition) is 5. The zero-order valence-electron chi connectivity index (χ0n) is 22.3. The first-order chi connectivity index (χ1) is 19.4. The third-order valence-corrected chi connectivity index (χ3v) is 7.70. The molecule has 0 unspecified atom stereocenters. The summed E-state index contributed by atoms with van der Waals surface area (Å²) in [5.74, 6) is 0.0546. The minimum Gasteiger partial charge on any atom is -0.382 e. The molecule has 1 heterocycles. The van der Waals surface area contributed by atoms with Gasteiger partial charge in [0.25, 0.3) is 0 Å². The van der Waals surface area contributed by atoms with E-state index in [1.807, 2.05) is 4.90 Å². The first-order valence-corrected chi connectivity index (χ1v) is 13.6. The van der Waals surface area contributed by atoms with Crippen molar-refractivity contribution < 1.29 is 35.9 Å². The largest absolute Gasteiger partial charge is 0.417 e. The molecule has 1 aliphatic heterocycles. The highest BCUT2D eigenvalue weighted by atomic mass is 19.4.